The topological polar surface area (TPSA) is 88.5 Å². The summed E-state index contributed by atoms with van der Waals surface area (Å²) in [5.74, 6) is 0.262. The highest BCUT2D eigenvalue weighted by molar-refractivity contribution is 7.99. The lowest BCUT2D eigenvalue weighted by Gasteiger charge is -2.11. The van der Waals surface area contributed by atoms with Gasteiger partial charge in [0.2, 0.25) is 5.91 Å². The minimum Gasteiger partial charge on any atom is -0.309 e. The van der Waals surface area contributed by atoms with Crippen molar-refractivity contribution in [1.29, 1.82) is 5.26 Å². The first-order chi connectivity index (χ1) is 15.1. The number of nitrogens with zero attached hydrogens (tertiary/aromatic N) is 5. The summed E-state index contributed by atoms with van der Waals surface area (Å²) < 4.78 is 3.51. The predicted octanol–water partition coefficient (Wildman–Crippen LogP) is 4.28. The van der Waals surface area contributed by atoms with Crippen LogP contribution in [0.3, 0.4) is 0 Å². The first-order valence-electron chi connectivity index (χ1n) is 9.64. The van der Waals surface area contributed by atoms with E-state index in [1.807, 2.05) is 47.2 Å². The zero-order valence-corrected chi connectivity index (χ0v) is 17.9. The lowest BCUT2D eigenvalue weighted by molar-refractivity contribution is -0.113. The van der Waals surface area contributed by atoms with Crippen LogP contribution in [0.15, 0.2) is 72.3 Å². The van der Waals surface area contributed by atoms with Gasteiger partial charge in [-0.05, 0) is 49.2 Å². The number of aryl methyl sites for hydroxylation is 2. The SMILES string of the molecule is Cc1ccc(-n2ccnc2SCC(=O)Nc2c(C#N)cnn2-c2ccccc2)cc1C. The molecule has 154 valence electrons. The van der Waals surface area contributed by atoms with E-state index in [2.05, 4.69) is 47.4 Å². The van der Waals surface area contributed by atoms with Gasteiger partial charge in [-0.2, -0.15) is 10.4 Å². The lowest BCUT2D eigenvalue weighted by atomic mass is 10.1. The van der Waals surface area contributed by atoms with Crippen LogP contribution in [-0.2, 0) is 4.79 Å². The number of carbonyl (C=O) groups excluding carboxylic acids is 1. The van der Waals surface area contributed by atoms with E-state index in [-0.39, 0.29) is 11.7 Å². The molecule has 2 aromatic carbocycles. The van der Waals surface area contributed by atoms with E-state index >= 15 is 0 Å². The number of amides is 1. The van der Waals surface area contributed by atoms with Gasteiger partial charge in [0.05, 0.1) is 17.6 Å². The molecule has 0 bridgehead atoms. The normalized spacial score (nSPS) is 10.6. The number of rotatable bonds is 6. The van der Waals surface area contributed by atoms with Gasteiger partial charge in [0.25, 0.3) is 0 Å². The molecular weight excluding hydrogens is 408 g/mol. The van der Waals surface area contributed by atoms with E-state index in [0.29, 0.717) is 11.4 Å². The van der Waals surface area contributed by atoms with Gasteiger partial charge < -0.3 is 5.32 Å². The van der Waals surface area contributed by atoms with Gasteiger partial charge >= 0.3 is 0 Å². The van der Waals surface area contributed by atoms with Crippen molar-refractivity contribution in [2.45, 2.75) is 19.0 Å². The molecule has 0 atom stereocenters. The molecule has 2 heterocycles. The highest BCUT2D eigenvalue weighted by Crippen LogP contribution is 2.24. The minimum absolute atomic E-state index is 0.146. The maximum atomic E-state index is 12.7. The summed E-state index contributed by atoms with van der Waals surface area (Å²) in [5, 5.41) is 17.2. The van der Waals surface area contributed by atoms with Crippen molar-refractivity contribution < 1.29 is 4.79 Å². The summed E-state index contributed by atoms with van der Waals surface area (Å²) in [7, 11) is 0. The maximum absolute atomic E-state index is 12.7. The van der Waals surface area contributed by atoms with Crippen LogP contribution >= 0.6 is 11.8 Å². The largest absolute Gasteiger partial charge is 0.309 e. The fraction of sp³-hybridized carbons (Fsp3) is 0.130. The fourth-order valence-electron chi connectivity index (χ4n) is 3.08. The van der Waals surface area contributed by atoms with Gasteiger partial charge in [0.15, 0.2) is 11.0 Å². The second kappa shape index (κ2) is 8.90. The Kier molecular flexibility index (Phi) is 5.87. The smallest absolute Gasteiger partial charge is 0.236 e. The highest BCUT2D eigenvalue weighted by Gasteiger charge is 2.16. The number of nitrogens with one attached hydrogen (secondary N) is 1. The van der Waals surface area contributed by atoms with Gasteiger partial charge in [-0.15, -0.1) is 0 Å². The molecular formula is C23H20N6OS. The van der Waals surface area contributed by atoms with Crippen LogP contribution < -0.4 is 5.32 Å². The van der Waals surface area contributed by atoms with Crippen molar-refractivity contribution in [2.75, 3.05) is 11.1 Å². The summed E-state index contributed by atoms with van der Waals surface area (Å²) >= 11 is 1.33. The standard InChI is InChI=1S/C23H20N6OS/c1-16-8-9-20(12-17(16)2)28-11-10-25-23(28)31-15-21(30)27-22-18(13-24)14-26-29(22)19-6-4-3-5-7-19/h3-12,14H,15H2,1-2H3,(H,27,30). The highest BCUT2D eigenvalue weighted by atomic mass is 32.2. The molecule has 4 aromatic rings. The predicted molar refractivity (Wildman–Crippen MR) is 121 cm³/mol. The molecule has 1 amide bonds. The van der Waals surface area contributed by atoms with Crippen molar-refractivity contribution in [3.8, 4) is 17.4 Å². The minimum atomic E-state index is -0.242. The number of hydrogen-bond donors (Lipinski definition) is 1. The third-order valence-electron chi connectivity index (χ3n) is 4.86. The monoisotopic (exact) mass is 428 g/mol. The molecule has 0 unspecified atom stereocenters. The summed E-state index contributed by atoms with van der Waals surface area (Å²) in [6, 6.07) is 17.6. The van der Waals surface area contributed by atoms with Crippen LogP contribution in [0.1, 0.15) is 16.7 Å². The number of aromatic nitrogens is 4. The van der Waals surface area contributed by atoms with E-state index in [1.54, 1.807) is 10.9 Å². The summed E-state index contributed by atoms with van der Waals surface area (Å²) in [4.78, 5) is 17.1. The van der Waals surface area contributed by atoms with E-state index in [9.17, 15) is 10.1 Å². The number of thioether (sulfide) groups is 1. The third kappa shape index (κ3) is 4.37. The van der Waals surface area contributed by atoms with Crippen LogP contribution in [0.2, 0.25) is 0 Å². The fourth-order valence-corrected chi connectivity index (χ4v) is 3.86. The first kappa shape index (κ1) is 20.4. The van der Waals surface area contributed by atoms with E-state index < -0.39 is 0 Å². The van der Waals surface area contributed by atoms with Crippen LogP contribution in [0.5, 0.6) is 0 Å². The van der Waals surface area contributed by atoms with Crippen LogP contribution in [0.4, 0.5) is 5.82 Å². The molecule has 0 aliphatic rings. The van der Waals surface area contributed by atoms with Crippen LogP contribution in [0.25, 0.3) is 11.4 Å². The molecule has 0 fully saturated rings. The van der Waals surface area contributed by atoms with Crippen molar-refractivity contribution in [3.63, 3.8) is 0 Å². The maximum Gasteiger partial charge on any atom is 0.236 e. The Bertz CT molecular complexity index is 1270. The Balaban J connectivity index is 1.49. The molecule has 0 radical (unpaired) electrons. The van der Waals surface area contributed by atoms with Gasteiger partial charge in [-0.3, -0.25) is 9.36 Å². The Hall–Kier alpha value is -3.83. The molecule has 4 rings (SSSR count). The second-order valence-corrected chi connectivity index (χ2v) is 7.89. The van der Waals surface area contributed by atoms with Crippen LogP contribution in [0, 0.1) is 25.2 Å². The number of hydrogen-bond acceptors (Lipinski definition) is 5. The molecule has 0 aliphatic heterocycles. The Morgan fingerprint density at radius 3 is 2.68 bits per heavy atom. The van der Waals surface area contributed by atoms with Crippen molar-refractivity contribution in [3.05, 3.63) is 83.8 Å². The first-order valence-corrected chi connectivity index (χ1v) is 10.6. The Labute approximate surface area is 184 Å². The molecule has 2 aromatic heterocycles. The number of imidazole rings is 1. The second-order valence-electron chi connectivity index (χ2n) is 6.95. The van der Waals surface area contributed by atoms with Crippen LogP contribution in [-0.4, -0.2) is 31.0 Å². The zero-order valence-electron chi connectivity index (χ0n) is 17.1. The average Bonchev–Trinajstić information content (AvgIpc) is 3.41. The van der Waals surface area contributed by atoms with Gasteiger partial charge in [-0.25, -0.2) is 9.67 Å². The summed E-state index contributed by atoms with van der Waals surface area (Å²) in [6.07, 6.45) is 5.04. The number of benzene rings is 2. The molecule has 1 N–H and O–H groups in total. The summed E-state index contributed by atoms with van der Waals surface area (Å²) in [6.45, 7) is 4.14. The molecule has 7 nitrogen and oxygen atoms in total. The third-order valence-corrected chi connectivity index (χ3v) is 5.82. The van der Waals surface area contributed by atoms with E-state index in [1.165, 1.54) is 29.1 Å². The average molecular weight is 429 g/mol. The molecule has 31 heavy (non-hydrogen) atoms. The number of nitriles is 1. The Morgan fingerprint density at radius 2 is 1.94 bits per heavy atom. The number of para-hydroxylation sites is 1. The molecule has 0 aliphatic carbocycles. The molecule has 0 saturated heterocycles. The van der Waals surface area contributed by atoms with Gasteiger partial charge in [-0.1, -0.05) is 36.0 Å². The van der Waals surface area contributed by atoms with E-state index in [0.717, 1.165) is 16.5 Å². The van der Waals surface area contributed by atoms with Gasteiger partial charge in [0, 0.05) is 18.1 Å². The lowest BCUT2D eigenvalue weighted by Crippen LogP contribution is -2.18. The molecule has 8 heteroatoms. The summed E-state index contributed by atoms with van der Waals surface area (Å²) in [5.41, 5.74) is 4.48. The van der Waals surface area contributed by atoms with Gasteiger partial charge in [0.1, 0.15) is 11.6 Å². The van der Waals surface area contributed by atoms with E-state index in [4.69, 9.17) is 0 Å². The van der Waals surface area contributed by atoms with Crippen molar-refractivity contribution in [2.24, 2.45) is 0 Å². The Morgan fingerprint density at radius 1 is 1.13 bits per heavy atom. The zero-order chi connectivity index (χ0) is 21.8. The van der Waals surface area contributed by atoms with Crippen molar-refractivity contribution >= 4 is 23.5 Å². The number of anilines is 1. The number of carbonyl (C=O) groups is 1. The molecule has 0 saturated carbocycles. The van der Waals surface area contributed by atoms with Crippen molar-refractivity contribution in [1.82, 2.24) is 19.3 Å². The quantitative estimate of drug-likeness (QED) is 0.463. The molecule has 0 spiro atoms.